The molecule has 0 aromatic rings. The van der Waals surface area contributed by atoms with Crippen LogP contribution in [0.2, 0.25) is 0 Å². The first-order valence-corrected chi connectivity index (χ1v) is 6.21. The third-order valence-corrected chi connectivity index (χ3v) is 3.56. The zero-order valence-electron chi connectivity index (χ0n) is 11.0. The van der Waals surface area contributed by atoms with Gasteiger partial charge in [0.25, 0.3) is 0 Å². The summed E-state index contributed by atoms with van der Waals surface area (Å²) in [5.41, 5.74) is -0.502. The number of ketones is 1. The number of hydrogen-bond acceptors (Lipinski definition) is 3. The first-order chi connectivity index (χ1) is 7.72. The van der Waals surface area contributed by atoms with E-state index in [0.717, 1.165) is 12.8 Å². The minimum Gasteiger partial charge on any atom is -0.388 e. The molecule has 0 aliphatic heterocycles. The number of carbonyl (C=O) groups excluding carboxylic acids is 2. The zero-order valence-corrected chi connectivity index (χ0v) is 11.0. The summed E-state index contributed by atoms with van der Waals surface area (Å²) in [6.45, 7) is 6.04. The average molecular weight is 241 g/mol. The summed E-state index contributed by atoms with van der Waals surface area (Å²) < 4.78 is 0. The van der Waals surface area contributed by atoms with Gasteiger partial charge in [-0.25, -0.2) is 0 Å². The van der Waals surface area contributed by atoms with Gasteiger partial charge in [-0.15, -0.1) is 0 Å². The van der Waals surface area contributed by atoms with Gasteiger partial charge in [0.2, 0.25) is 5.91 Å². The summed E-state index contributed by atoms with van der Waals surface area (Å²) in [5, 5.41) is 12.9. The van der Waals surface area contributed by atoms with Gasteiger partial charge in [-0.3, -0.25) is 9.59 Å². The van der Waals surface area contributed by atoms with Crippen LogP contribution in [0.3, 0.4) is 0 Å². The summed E-state index contributed by atoms with van der Waals surface area (Å²) >= 11 is 0. The van der Waals surface area contributed by atoms with E-state index < -0.39 is 5.60 Å². The van der Waals surface area contributed by atoms with Crippen LogP contribution in [-0.2, 0) is 9.59 Å². The molecule has 0 unspecified atom stereocenters. The third-order valence-electron chi connectivity index (χ3n) is 3.56. The fraction of sp³-hybridized carbons (Fsp3) is 0.846. The van der Waals surface area contributed by atoms with Crippen molar-refractivity contribution in [1.82, 2.24) is 5.32 Å². The van der Waals surface area contributed by atoms with E-state index in [4.69, 9.17) is 0 Å². The SMILES string of the molecule is CC(=O)CC(=O)NCC1(O)CCC(C)(C)CC1. The number of nitrogens with one attached hydrogen (secondary N) is 1. The van der Waals surface area contributed by atoms with Crippen LogP contribution in [0.5, 0.6) is 0 Å². The molecule has 0 spiro atoms. The van der Waals surface area contributed by atoms with Crippen molar-refractivity contribution in [2.24, 2.45) is 5.41 Å². The molecule has 4 nitrogen and oxygen atoms in total. The molecular formula is C13H23NO3. The Balaban J connectivity index is 2.36. The first-order valence-electron chi connectivity index (χ1n) is 6.21. The molecule has 1 saturated carbocycles. The molecule has 0 atom stereocenters. The van der Waals surface area contributed by atoms with Gasteiger partial charge in [0.05, 0.1) is 12.0 Å². The molecule has 1 fully saturated rings. The molecule has 1 rings (SSSR count). The van der Waals surface area contributed by atoms with Crippen molar-refractivity contribution in [3.8, 4) is 0 Å². The Hall–Kier alpha value is -0.900. The highest BCUT2D eigenvalue weighted by molar-refractivity contribution is 5.96. The van der Waals surface area contributed by atoms with Crippen molar-refractivity contribution < 1.29 is 14.7 Å². The average Bonchev–Trinajstić information content (AvgIpc) is 2.20. The lowest BCUT2D eigenvalue weighted by Gasteiger charge is -2.40. The predicted octanol–water partition coefficient (Wildman–Crippen LogP) is 1.41. The van der Waals surface area contributed by atoms with Crippen LogP contribution in [0.25, 0.3) is 0 Å². The van der Waals surface area contributed by atoms with E-state index in [1.165, 1.54) is 6.92 Å². The Morgan fingerprint density at radius 3 is 2.18 bits per heavy atom. The molecule has 98 valence electrons. The van der Waals surface area contributed by atoms with E-state index in [1.54, 1.807) is 0 Å². The normalized spacial score (nSPS) is 21.9. The highest BCUT2D eigenvalue weighted by Crippen LogP contribution is 2.39. The van der Waals surface area contributed by atoms with Crippen LogP contribution in [0.15, 0.2) is 0 Å². The second-order valence-corrected chi connectivity index (χ2v) is 6.04. The molecule has 17 heavy (non-hydrogen) atoms. The van der Waals surface area contributed by atoms with Crippen molar-refractivity contribution in [2.75, 3.05) is 6.54 Å². The molecule has 1 aliphatic rings. The molecule has 0 radical (unpaired) electrons. The first kappa shape index (κ1) is 14.2. The predicted molar refractivity (Wildman–Crippen MR) is 65.5 cm³/mol. The quantitative estimate of drug-likeness (QED) is 0.731. The standard InChI is InChI=1S/C13H23NO3/c1-10(15)8-11(16)14-9-13(17)6-4-12(2,3)5-7-13/h17H,4-9H2,1-3H3,(H,14,16). The topological polar surface area (TPSA) is 66.4 Å². The molecule has 0 aromatic heterocycles. The maximum absolute atomic E-state index is 11.3. The molecule has 2 N–H and O–H groups in total. The zero-order chi connectivity index (χ0) is 13.1. The van der Waals surface area contributed by atoms with E-state index in [1.807, 2.05) is 0 Å². The number of rotatable bonds is 4. The van der Waals surface area contributed by atoms with Crippen LogP contribution in [0.1, 0.15) is 52.9 Å². The Kier molecular flexibility index (Phi) is 4.31. The molecule has 0 saturated heterocycles. The van der Waals surface area contributed by atoms with Crippen LogP contribution >= 0.6 is 0 Å². The monoisotopic (exact) mass is 241 g/mol. The van der Waals surface area contributed by atoms with E-state index >= 15 is 0 Å². The maximum Gasteiger partial charge on any atom is 0.227 e. The van der Waals surface area contributed by atoms with Crippen molar-refractivity contribution in [3.05, 3.63) is 0 Å². The van der Waals surface area contributed by atoms with E-state index in [2.05, 4.69) is 19.2 Å². The molecular weight excluding hydrogens is 218 g/mol. The third kappa shape index (κ3) is 4.86. The smallest absolute Gasteiger partial charge is 0.227 e. The van der Waals surface area contributed by atoms with E-state index in [9.17, 15) is 14.7 Å². The van der Waals surface area contributed by atoms with E-state index in [-0.39, 0.29) is 30.1 Å². The van der Waals surface area contributed by atoms with Crippen molar-refractivity contribution in [2.45, 2.75) is 58.5 Å². The number of Topliss-reactive ketones (excluding diaryl/α,β-unsaturated/α-hetero) is 1. The maximum atomic E-state index is 11.3. The summed E-state index contributed by atoms with van der Waals surface area (Å²) in [5.74, 6) is -0.449. The van der Waals surface area contributed by atoms with E-state index in [0.29, 0.717) is 12.8 Å². The minimum atomic E-state index is -0.790. The second-order valence-electron chi connectivity index (χ2n) is 6.04. The van der Waals surface area contributed by atoms with Crippen LogP contribution in [0, 0.1) is 5.41 Å². The van der Waals surface area contributed by atoms with Crippen LogP contribution in [0.4, 0.5) is 0 Å². The molecule has 4 heteroatoms. The van der Waals surface area contributed by atoms with Gasteiger partial charge in [-0.2, -0.15) is 0 Å². The Labute approximate surface area is 103 Å². The fourth-order valence-electron chi connectivity index (χ4n) is 2.12. The Morgan fingerprint density at radius 1 is 1.18 bits per heavy atom. The molecule has 1 aliphatic carbocycles. The number of hydrogen-bond donors (Lipinski definition) is 2. The summed E-state index contributed by atoms with van der Waals surface area (Å²) in [6.07, 6.45) is 3.25. The number of carbonyl (C=O) groups is 2. The summed E-state index contributed by atoms with van der Waals surface area (Å²) in [7, 11) is 0. The lowest BCUT2D eigenvalue weighted by molar-refractivity contribution is -0.128. The molecule has 0 heterocycles. The molecule has 0 aromatic carbocycles. The summed E-state index contributed by atoms with van der Waals surface area (Å²) in [4.78, 5) is 22.1. The largest absolute Gasteiger partial charge is 0.388 e. The van der Waals surface area contributed by atoms with Gasteiger partial charge >= 0.3 is 0 Å². The lowest BCUT2D eigenvalue weighted by atomic mass is 9.71. The minimum absolute atomic E-state index is 0.0957. The fourth-order valence-corrected chi connectivity index (χ4v) is 2.12. The highest BCUT2D eigenvalue weighted by Gasteiger charge is 2.36. The van der Waals surface area contributed by atoms with Gasteiger partial charge in [-0.05, 0) is 38.0 Å². The Morgan fingerprint density at radius 2 is 1.71 bits per heavy atom. The lowest BCUT2D eigenvalue weighted by Crippen LogP contribution is -2.46. The summed E-state index contributed by atoms with van der Waals surface area (Å²) in [6, 6.07) is 0. The van der Waals surface area contributed by atoms with Crippen molar-refractivity contribution >= 4 is 11.7 Å². The van der Waals surface area contributed by atoms with Gasteiger partial charge in [0, 0.05) is 6.54 Å². The number of aliphatic hydroxyl groups is 1. The van der Waals surface area contributed by atoms with Crippen molar-refractivity contribution in [1.29, 1.82) is 0 Å². The van der Waals surface area contributed by atoms with Crippen LogP contribution < -0.4 is 5.32 Å². The van der Waals surface area contributed by atoms with Crippen molar-refractivity contribution in [3.63, 3.8) is 0 Å². The second kappa shape index (κ2) is 5.17. The van der Waals surface area contributed by atoms with Crippen LogP contribution in [-0.4, -0.2) is 28.9 Å². The number of amides is 1. The van der Waals surface area contributed by atoms with Gasteiger partial charge in [0.15, 0.2) is 0 Å². The highest BCUT2D eigenvalue weighted by atomic mass is 16.3. The van der Waals surface area contributed by atoms with Gasteiger partial charge in [-0.1, -0.05) is 13.8 Å². The Bertz CT molecular complexity index is 300. The molecule has 0 bridgehead atoms. The van der Waals surface area contributed by atoms with Gasteiger partial charge < -0.3 is 10.4 Å². The van der Waals surface area contributed by atoms with Gasteiger partial charge in [0.1, 0.15) is 5.78 Å². The molecule has 1 amide bonds.